The number of carbonyl (C=O) groups excluding carboxylic acids is 3. The summed E-state index contributed by atoms with van der Waals surface area (Å²) in [6, 6.07) is 19.4. The van der Waals surface area contributed by atoms with Crippen molar-refractivity contribution in [1.29, 1.82) is 0 Å². The van der Waals surface area contributed by atoms with E-state index in [2.05, 4.69) is 10.3 Å². The molecule has 39 heavy (non-hydrogen) atoms. The molecule has 0 radical (unpaired) electrons. The molecular weight excluding hydrogens is 496 g/mol. The van der Waals surface area contributed by atoms with Gasteiger partial charge in [0.1, 0.15) is 17.5 Å². The van der Waals surface area contributed by atoms with Crippen LogP contribution in [0.3, 0.4) is 0 Å². The number of aromatic nitrogens is 1. The predicted octanol–water partition coefficient (Wildman–Crippen LogP) is 2.81. The predicted molar refractivity (Wildman–Crippen MR) is 144 cm³/mol. The quantitative estimate of drug-likeness (QED) is 0.506. The summed E-state index contributed by atoms with van der Waals surface area (Å²) in [6.07, 6.45) is 4.51. The number of hydrogen-bond donors (Lipinski definition) is 1. The SMILES string of the molecule is COc1cccc(C(=O)N2[C@@H](C(=O)NCc3cccnc3)COC23CCN(C(=O)Cc2ccccc2)CC3)c1. The zero-order chi connectivity index (χ0) is 27.2. The summed E-state index contributed by atoms with van der Waals surface area (Å²) in [6.45, 7) is 1.22. The molecule has 0 unspecified atom stereocenters. The summed E-state index contributed by atoms with van der Waals surface area (Å²) in [7, 11) is 1.54. The number of methoxy groups -OCH3 is 1. The minimum atomic E-state index is -0.986. The van der Waals surface area contributed by atoms with E-state index in [1.54, 1.807) is 54.7 Å². The normalized spacial score (nSPS) is 18.1. The number of rotatable bonds is 7. The minimum Gasteiger partial charge on any atom is -0.497 e. The Kier molecular flexibility index (Phi) is 7.88. The van der Waals surface area contributed by atoms with E-state index >= 15 is 0 Å². The maximum Gasteiger partial charge on any atom is 0.257 e. The van der Waals surface area contributed by atoms with Crippen LogP contribution in [0, 0.1) is 0 Å². The lowest BCUT2D eigenvalue weighted by Crippen LogP contribution is -2.59. The van der Waals surface area contributed by atoms with Gasteiger partial charge >= 0.3 is 0 Å². The van der Waals surface area contributed by atoms with Crippen molar-refractivity contribution in [3.05, 3.63) is 95.8 Å². The van der Waals surface area contributed by atoms with Gasteiger partial charge in [-0.15, -0.1) is 0 Å². The lowest BCUT2D eigenvalue weighted by atomic mass is 9.96. The fourth-order valence-electron chi connectivity index (χ4n) is 5.26. The summed E-state index contributed by atoms with van der Waals surface area (Å²) in [4.78, 5) is 47.8. The van der Waals surface area contributed by atoms with Crippen molar-refractivity contribution in [3.8, 4) is 5.75 Å². The van der Waals surface area contributed by atoms with Crippen LogP contribution in [0.5, 0.6) is 5.75 Å². The molecule has 2 aromatic carbocycles. The maximum atomic E-state index is 14.0. The highest BCUT2D eigenvalue weighted by molar-refractivity contribution is 5.98. The van der Waals surface area contributed by atoms with Gasteiger partial charge in [-0.05, 0) is 35.4 Å². The Bertz CT molecular complexity index is 1310. The summed E-state index contributed by atoms with van der Waals surface area (Å²) < 4.78 is 11.6. The van der Waals surface area contributed by atoms with Crippen molar-refractivity contribution >= 4 is 17.7 Å². The third-order valence-electron chi connectivity index (χ3n) is 7.38. The number of amides is 3. The molecule has 0 saturated carbocycles. The van der Waals surface area contributed by atoms with Gasteiger partial charge in [-0.25, -0.2) is 0 Å². The second-order valence-corrected chi connectivity index (χ2v) is 9.80. The van der Waals surface area contributed by atoms with Crippen LogP contribution in [0.4, 0.5) is 0 Å². The van der Waals surface area contributed by atoms with Crippen molar-refractivity contribution in [1.82, 2.24) is 20.1 Å². The second-order valence-electron chi connectivity index (χ2n) is 9.80. The number of nitrogens with zero attached hydrogens (tertiary/aromatic N) is 3. The van der Waals surface area contributed by atoms with Gasteiger partial charge in [0.25, 0.3) is 5.91 Å². The first-order chi connectivity index (χ1) is 19.0. The minimum absolute atomic E-state index is 0.0329. The van der Waals surface area contributed by atoms with E-state index in [-0.39, 0.29) is 24.3 Å². The smallest absolute Gasteiger partial charge is 0.257 e. The van der Waals surface area contributed by atoms with Crippen LogP contribution in [0.15, 0.2) is 79.1 Å². The zero-order valence-corrected chi connectivity index (χ0v) is 21.9. The standard InChI is InChI=1S/C30H32N4O5/c1-38-25-11-5-10-24(18-25)29(37)34-26(28(36)32-20-23-9-6-14-31-19-23)21-39-30(34)12-15-33(16-13-30)27(35)17-22-7-3-2-4-8-22/h2-11,14,18-19,26H,12-13,15-17,20-21H2,1H3,(H,32,36)/t26-/m1/s1. The fourth-order valence-corrected chi connectivity index (χ4v) is 5.26. The van der Waals surface area contributed by atoms with Crippen molar-refractivity contribution < 1.29 is 23.9 Å². The molecule has 9 heteroatoms. The molecule has 1 spiro atoms. The van der Waals surface area contributed by atoms with Crippen molar-refractivity contribution in [2.45, 2.75) is 37.6 Å². The summed E-state index contributed by atoms with van der Waals surface area (Å²) in [5.41, 5.74) is 1.24. The first-order valence-corrected chi connectivity index (χ1v) is 13.1. The van der Waals surface area contributed by atoms with Crippen LogP contribution in [-0.2, 0) is 27.3 Å². The van der Waals surface area contributed by atoms with E-state index in [9.17, 15) is 14.4 Å². The van der Waals surface area contributed by atoms with E-state index in [0.29, 0.717) is 50.2 Å². The molecule has 202 valence electrons. The van der Waals surface area contributed by atoms with E-state index in [1.165, 1.54) is 0 Å². The highest BCUT2D eigenvalue weighted by Gasteiger charge is 2.54. The third-order valence-corrected chi connectivity index (χ3v) is 7.38. The Labute approximate surface area is 227 Å². The van der Waals surface area contributed by atoms with Gasteiger partial charge in [0.05, 0.1) is 20.1 Å². The highest BCUT2D eigenvalue weighted by Crippen LogP contribution is 2.39. The molecule has 1 aromatic heterocycles. The van der Waals surface area contributed by atoms with Crippen molar-refractivity contribution in [3.63, 3.8) is 0 Å². The number of hydrogen-bond acceptors (Lipinski definition) is 6. The van der Waals surface area contributed by atoms with Crippen molar-refractivity contribution in [2.24, 2.45) is 0 Å². The number of piperidine rings is 1. The molecule has 2 fully saturated rings. The van der Waals surface area contributed by atoms with Crippen LogP contribution >= 0.6 is 0 Å². The van der Waals surface area contributed by atoms with Gasteiger partial charge in [0, 0.05) is 50.4 Å². The van der Waals surface area contributed by atoms with Gasteiger partial charge in [0.2, 0.25) is 11.8 Å². The van der Waals surface area contributed by atoms with Gasteiger partial charge < -0.3 is 19.7 Å². The Balaban J connectivity index is 1.34. The lowest BCUT2D eigenvalue weighted by Gasteiger charge is -2.44. The molecule has 3 amide bonds. The molecule has 3 heterocycles. The largest absolute Gasteiger partial charge is 0.497 e. The number of benzene rings is 2. The van der Waals surface area contributed by atoms with E-state index in [1.807, 2.05) is 41.3 Å². The fraction of sp³-hybridized carbons (Fsp3) is 0.333. The second kappa shape index (κ2) is 11.7. The Morgan fingerprint density at radius 2 is 1.79 bits per heavy atom. The number of likely N-dealkylation sites (tertiary alicyclic amines) is 1. The molecule has 0 aliphatic carbocycles. The molecule has 1 atom stereocenters. The first kappa shape index (κ1) is 26.4. The summed E-state index contributed by atoms with van der Waals surface area (Å²) in [5.74, 6) is -0.0223. The monoisotopic (exact) mass is 528 g/mol. The average Bonchev–Trinajstić information content (AvgIpc) is 3.35. The zero-order valence-electron chi connectivity index (χ0n) is 21.9. The van der Waals surface area contributed by atoms with Crippen LogP contribution in [0.25, 0.3) is 0 Å². The van der Waals surface area contributed by atoms with Crippen LogP contribution in [0.2, 0.25) is 0 Å². The molecule has 2 saturated heterocycles. The first-order valence-electron chi connectivity index (χ1n) is 13.1. The Morgan fingerprint density at radius 1 is 1.03 bits per heavy atom. The van der Waals surface area contributed by atoms with Gasteiger partial charge in [-0.1, -0.05) is 42.5 Å². The molecule has 5 rings (SSSR count). The van der Waals surface area contributed by atoms with Crippen molar-refractivity contribution in [2.75, 3.05) is 26.8 Å². The summed E-state index contributed by atoms with van der Waals surface area (Å²) >= 11 is 0. The molecule has 9 nitrogen and oxygen atoms in total. The van der Waals surface area contributed by atoms with Gasteiger partial charge in [-0.3, -0.25) is 24.3 Å². The van der Waals surface area contributed by atoms with E-state index in [0.717, 1.165) is 11.1 Å². The topological polar surface area (TPSA) is 101 Å². The number of carbonyl (C=O) groups is 3. The van der Waals surface area contributed by atoms with E-state index < -0.39 is 11.8 Å². The molecule has 1 N–H and O–H groups in total. The number of pyridine rings is 1. The highest BCUT2D eigenvalue weighted by atomic mass is 16.5. The summed E-state index contributed by atoms with van der Waals surface area (Å²) in [5, 5.41) is 2.93. The maximum absolute atomic E-state index is 14.0. The number of ether oxygens (including phenoxy) is 2. The molecule has 0 bridgehead atoms. The Morgan fingerprint density at radius 3 is 2.51 bits per heavy atom. The van der Waals surface area contributed by atoms with Crippen LogP contribution in [-0.4, -0.2) is 71.1 Å². The van der Waals surface area contributed by atoms with E-state index in [4.69, 9.17) is 9.47 Å². The van der Waals surface area contributed by atoms with Gasteiger partial charge in [-0.2, -0.15) is 0 Å². The average molecular weight is 529 g/mol. The van der Waals surface area contributed by atoms with Crippen LogP contribution in [0.1, 0.15) is 34.3 Å². The van der Waals surface area contributed by atoms with Crippen LogP contribution < -0.4 is 10.1 Å². The molecule has 3 aromatic rings. The molecule has 2 aliphatic rings. The number of nitrogens with one attached hydrogen (secondary N) is 1. The lowest BCUT2D eigenvalue weighted by molar-refractivity contribution is -0.143. The molecular formula is C30H32N4O5. The molecule has 2 aliphatic heterocycles. The van der Waals surface area contributed by atoms with Gasteiger partial charge in [0.15, 0.2) is 0 Å². The Hall–Kier alpha value is -4.24. The third kappa shape index (κ3) is 5.78.